The fourth-order valence-electron chi connectivity index (χ4n) is 2.77. The van der Waals surface area contributed by atoms with Gasteiger partial charge in [0.25, 0.3) is 0 Å². The first-order valence-corrected chi connectivity index (χ1v) is 8.48. The Morgan fingerprint density at radius 2 is 1.63 bits per heavy atom. The third kappa shape index (κ3) is 4.06. The molecule has 2 aromatic carbocycles. The summed E-state index contributed by atoms with van der Waals surface area (Å²) in [6.07, 6.45) is -0.737. The fourth-order valence-corrected chi connectivity index (χ4v) is 2.77. The number of nitrogens with zero attached hydrogens (tertiary/aromatic N) is 1. The molecule has 1 heterocycles. The van der Waals surface area contributed by atoms with Crippen molar-refractivity contribution in [2.75, 3.05) is 5.32 Å². The van der Waals surface area contributed by atoms with Gasteiger partial charge in [0.1, 0.15) is 5.60 Å². The molecule has 0 saturated heterocycles. The van der Waals surface area contributed by atoms with Gasteiger partial charge < -0.3 is 9.84 Å². The van der Waals surface area contributed by atoms with E-state index in [2.05, 4.69) is 10.3 Å². The zero-order chi connectivity index (χ0) is 19.6. The lowest BCUT2D eigenvalue weighted by Gasteiger charge is -2.21. The van der Waals surface area contributed by atoms with Crippen LogP contribution in [0.1, 0.15) is 31.1 Å². The topological polar surface area (TPSA) is 88.5 Å². The van der Waals surface area contributed by atoms with Gasteiger partial charge in [-0.05, 0) is 26.8 Å². The number of carboxylic acid groups (broad SMARTS) is 1. The Morgan fingerprint density at radius 3 is 2.26 bits per heavy atom. The number of ether oxygens (including phenoxy) is 1. The van der Waals surface area contributed by atoms with E-state index in [1.807, 2.05) is 30.3 Å². The smallest absolute Gasteiger partial charge is 0.412 e. The molecule has 3 rings (SSSR count). The zero-order valence-electron chi connectivity index (χ0n) is 15.3. The number of carboxylic acids is 1. The van der Waals surface area contributed by atoms with Crippen molar-refractivity contribution >= 4 is 28.7 Å². The highest BCUT2D eigenvalue weighted by Gasteiger charge is 2.25. The summed E-state index contributed by atoms with van der Waals surface area (Å²) < 4.78 is 5.31. The second-order valence-electron chi connectivity index (χ2n) is 7.03. The van der Waals surface area contributed by atoms with Gasteiger partial charge in [-0.2, -0.15) is 0 Å². The Kier molecular flexibility index (Phi) is 4.81. The Hall–Kier alpha value is -3.41. The number of hydrogen-bond donors (Lipinski definition) is 2. The van der Waals surface area contributed by atoms with Crippen molar-refractivity contribution in [3.63, 3.8) is 0 Å². The van der Waals surface area contributed by atoms with Gasteiger partial charge in [0.15, 0.2) is 0 Å². The van der Waals surface area contributed by atoms with Crippen molar-refractivity contribution < 1.29 is 19.4 Å². The van der Waals surface area contributed by atoms with E-state index in [1.54, 1.807) is 45.0 Å². The van der Waals surface area contributed by atoms with Crippen LogP contribution in [0.3, 0.4) is 0 Å². The molecule has 0 aliphatic heterocycles. The minimum Gasteiger partial charge on any atom is -0.478 e. The van der Waals surface area contributed by atoms with Crippen LogP contribution in [0.25, 0.3) is 22.2 Å². The Morgan fingerprint density at radius 1 is 1.00 bits per heavy atom. The molecule has 0 bridgehead atoms. The summed E-state index contributed by atoms with van der Waals surface area (Å²) >= 11 is 0. The van der Waals surface area contributed by atoms with Crippen molar-refractivity contribution in [2.45, 2.75) is 26.4 Å². The average molecular weight is 364 g/mol. The van der Waals surface area contributed by atoms with Gasteiger partial charge in [0, 0.05) is 10.9 Å². The number of fused-ring (bicyclic) bond motifs is 1. The number of carbonyl (C=O) groups is 2. The van der Waals surface area contributed by atoms with E-state index >= 15 is 0 Å². The van der Waals surface area contributed by atoms with Crippen molar-refractivity contribution in [1.29, 1.82) is 0 Å². The number of anilines is 1. The molecule has 0 fully saturated rings. The van der Waals surface area contributed by atoms with Gasteiger partial charge >= 0.3 is 12.1 Å². The maximum atomic E-state index is 12.4. The van der Waals surface area contributed by atoms with Gasteiger partial charge in [-0.1, -0.05) is 48.5 Å². The maximum absolute atomic E-state index is 12.4. The van der Waals surface area contributed by atoms with Gasteiger partial charge in [0.2, 0.25) is 0 Å². The lowest BCUT2D eigenvalue weighted by Crippen LogP contribution is -2.28. The molecule has 3 aromatic rings. The average Bonchev–Trinajstić information content (AvgIpc) is 2.59. The van der Waals surface area contributed by atoms with Gasteiger partial charge in [-0.15, -0.1) is 0 Å². The van der Waals surface area contributed by atoms with Gasteiger partial charge in [0.05, 0.1) is 22.5 Å². The summed E-state index contributed by atoms with van der Waals surface area (Å²) in [5.41, 5.74) is 0.967. The summed E-state index contributed by atoms with van der Waals surface area (Å²) in [4.78, 5) is 29.0. The number of aromatic carboxylic acids is 1. The van der Waals surface area contributed by atoms with E-state index in [1.165, 1.54) is 0 Å². The van der Waals surface area contributed by atoms with Crippen molar-refractivity contribution in [1.82, 2.24) is 4.98 Å². The standard InChI is InChI=1S/C21H20N2O4/c1-21(2,3)27-20(26)23-18-16(19(24)25)14-11-7-8-12-15(14)22-17(18)13-9-5-4-6-10-13/h4-12H,1-3H3,(H,23,26)(H,24,25). The molecule has 2 N–H and O–H groups in total. The molecular formula is C21H20N2O4. The van der Waals surface area contributed by atoms with Crippen LogP contribution in [-0.4, -0.2) is 27.8 Å². The molecule has 0 saturated carbocycles. The first-order valence-electron chi connectivity index (χ1n) is 8.48. The quantitative estimate of drug-likeness (QED) is 0.687. The predicted molar refractivity (Wildman–Crippen MR) is 104 cm³/mol. The van der Waals surface area contributed by atoms with Crippen molar-refractivity contribution in [3.8, 4) is 11.3 Å². The van der Waals surface area contributed by atoms with Crippen LogP contribution >= 0.6 is 0 Å². The number of rotatable bonds is 3. The van der Waals surface area contributed by atoms with Crippen LogP contribution < -0.4 is 5.32 Å². The molecule has 27 heavy (non-hydrogen) atoms. The highest BCUT2D eigenvalue weighted by molar-refractivity contribution is 6.12. The van der Waals surface area contributed by atoms with E-state index in [9.17, 15) is 14.7 Å². The SMILES string of the molecule is CC(C)(C)OC(=O)Nc1c(-c2ccccc2)nc2ccccc2c1C(=O)O. The predicted octanol–water partition coefficient (Wildman–Crippen LogP) is 4.95. The summed E-state index contributed by atoms with van der Waals surface area (Å²) in [6.45, 7) is 5.21. The number of amides is 1. The molecular weight excluding hydrogens is 344 g/mol. The van der Waals surface area contributed by atoms with Crippen LogP contribution in [-0.2, 0) is 4.74 Å². The third-order valence-electron chi connectivity index (χ3n) is 3.78. The molecule has 1 amide bonds. The minimum atomic E-state index is -1.16. The molecule has 6 nitrogen and oxygen atoms in total. The maximum Gasteiger partial charge on any atom is 0.412 e. The summed E-state index contributed by atoms with van der Waals surface area (Å²) in [5.74, 6) is -1.16. The van der Waals surface area contributed by atoms with E-state index in [-0.39, 0.29) is 11.3 Å². The Labute approximate surface area is 156 Å². The highest BCUT2D eigenvalue weighted by atomic mass is 16.6. The van der Waals surface area contributed by atoms with Crippen LogP contribution in [0.4, 0.5) is 10.5 Å². The van der Waals surface area contributed by atoms with E-state index in [0.29, 0.717) is 22.2 Å². The van der Waals surface area contributed by atoms with E-state index in [0.717, 1.165) is 0 Å². The van der Waals surface area contributed by atoms with Crippen LogP contribution in [0, 0.1) is 0 Å². The summed E-state index contributed by atoms with van der Waals surface area (Å²) in [7, 11) is 0. The molecule has 0 spiro atoms. The molecule has 0 aliphatic carbocycles. The largest absolute Gasteiger partial charge is 0.478 e. The lowest BCUT2D eigenvalue weighted by molar-refractivity contribution is 0.0636. The molecule has 0 aliphatic rings. The summed E-state index contributed by atoms with van der Waals surface area (Å²) in [6, 6.07) is 16.0. The lowest BCUT2D eigenvalue weighted by atomic mass is 10.0. The molecule has 138 valence electrons. The molecule has 0 unspecified atom stereocenters. The van der Waals surface area contributed by atoms with Gasteiger partial charge in [-0.3, -0.25) is 5.32 Å². The number of hydrogen-bond acceptors (Lipinski definition) is 4. The third-order valence-corrected chi connectivity index (χ3v) is 3.78. The molecule has 6 heteroatoms. The molecule has 0 radical (unpaired) electrons. The number of benzene rings is 2. The van der Waals surface area contributed by atoms with Crippen molar-refractivity contribution in [2.24, 2.45) is 0 Å². The van der Waals surface area contributed by atoms with E-state index < -0.39 is 17.7 Å². The number of carbonyl (C=O) groups excluding carboxylic acids is 1. The van der Waals surface area contributed by atoms with E-state index in [4.69, 9.17) is 4.74 Å². The zero-order valence-corrected chi connectivity index (χ0v) is 15.3. The number of para-hydroxylation sites is 1. The molecule has 0 atom stereocenters. The second kappa shape index (κ2) is 7.07. The fraction of sp³-hybridized carbons (Fsp3) is 0.190. The van der Waals surface area contributed by atoms with Crippen molar-refractivity contribution in [3.05, 3.63) is 60.2 Å². The summed E-state index contributed by atoms with van der Waals surface area (Å²) in [5, 5.41) is 12.9. The normalized spacial score (nSPS) is 11.2. The minimum absolute atomic E-state index is 0.0229. The number of aromatic nitrogens is 1. The first-order chi connectivity index (χ1) is 12.8. The number of nitrogens with one attached hydrogen (secondary N) is 1. The van der Waals surface area contributed by atoms with Crippen LogP contribution in [0.2, 0.25) is 0 Å². The van der Waals surface area contributed by atoms with Crippen LogP contribution in [0.15, 0.2) is 54.6 Å². The number of pyridine rings is 1. The molecule has 1 aromatic heterocycles. The Bertz CT molecular complexity index is 1010. The Balaban J connectivity index is 2.25. The second-order valence-corrected chi connectivity index (χ2v) is 7.03. The highest BCUT2D eigenvalue weighted by Crippen LogP contribution is 2.34. The van der Waals surface area contributed by atoms with Crippen LogP contribution in [0.5, 0.6) is 0 Å². The monoisotopic (exact) mass is 364 g/mol. The van der Waals surface area contributed by atoms with Gasteiger partial charge in [-0.25, -0.2) is 14.6 Å². The first kappa shape index (κ1) is 18.4.